The van der Waals surface area contributed by atoms with Crippen molar-refractivity contribution >= 4 is 41.5 Å². The van der Waals surface area contributed by atoms with Gasteiger partial charge < -0.3 is 49.1 Å². The lowest BCUT2D eigenvalue weighted by atomic mass is 10.1. The molecule has 0 saturated carbocycles. The van der Waals surface area contributed by atoms with Crippen molar-refractivity contribution < 1.29 is 43.8 Å². The number of nitrogens with two attached hydrogens (primary N) is 4. The van der Waals surface area contributed by atoms with Crippen LogP contribution in [0.25, 0.3) is 0 Å². The maximum atomic E-state index is 12.8. The van der Waals surface area contributed by atoms with E-state index in [2.05, 4.69) is 10.6 Å². The number of carbonyl (C=O) groups excluding carboxylic acids is 5. The van der Waals surface area contributed by atoms with E-state index in [4.69, 9.17) is 33.1 Å². The van der Waals surface area contributed by atoms with Gasteiger partial charge in [-0.05, 0) is 25.8 Å². The van der Waals surface area contributed by atoms with Crippen LogP contribution in [-0.4, -0.2) is 82.4 Å². The molecular weight excluding hydrogens is 458 g/mol. The molecule has 13 N–H and O–H groups in total. The van der Waals surface area contributed by atoms with Crippen molar-refractivity contribution in [3.63, 3.8) is 0 Å². The molecule has 0 heterocycles. The molecule has 5 amide bonds. The summed E-state index contributed by atoms with van der Waals surface area (Å²) in [6.45, 7) is 0.282. The summed E-state index contributed by atoms with van der Waals surface area (Å²) in [6, 6.07) is -6.16. The Balaban J connectivity index is 5.56. The van der Waals surface area contributed by atoms with Crippen LogP contribution in [0.1, 0.15) is 38.5 Å². The van der Waals surface area contributed by atoms with Crippen LogP contribution in [-0.2, 0) is 33.6 Å². The maximum Gasteiger partial charge on any atom is 0.326 e. The van der Waals surface area contributed by atoms with Crippen molar-refractivity contribution in [3.8, 4) is 0 Å². The third kappa shape index (κ3) is 12.3. The Kier molecular flexibility index (Phi) is 13.4. The van der Waals surface area contributed by atoms with Crippen molar-refractivity contribution in [1.82, 2.24) is 16.0 Å². The highest BCUT2D eigenvalue weighted by Crippen LogP contribution is 2.05. The van der Waals surface area contributed by atoms with E-state index in [0.717, 1.165) is 0 Å². The number of carboxylic acid groups (broad SMARTS) is 2. The molecule has 0 saturated heterocycles. The average Bonchev–Trinajstić information content (AvgIpc) is 2.70. The summed E-state index contributed by atoms with van der Waals surface area (Å²) in [6.07, 6.45) is -1.35. The van der Waals surface area contributed by atoms with Crippen molar-refractivity contribution in [3.05, 3.63) is 0 Å². The average molecular weight is 489 g/mol. The smallest absolute Gasteiger partial charge is 0.326 e. The number of amides is 5. The number of nitrogens with one attached hydrogen (secondary N) is 3. The molecule has 34 heavy (non-hydrogen) atoms. The summed E-state index contributed by atoms with van der Waals surface area (Å²) in [5.74, 6) is -8.08. The van der Waals surface area contributed by atoms with Gasteiger partial charge in [-0.2, -0.15) is 0 Å². The molecule has 0 bridgehead atoms. The molecule has 16 nitrogen and oxygen atoms in total. The largest absolute Gasteiger partial charge is 0.481 e. The van der Waals surface area contributed by atoms with Gasteiger partial charge in [-0.25, -0.2) is 4.79 Å². The Labute approximate surface area is 194 Å². The van der Waals surface area contributed by atoms with E-state index >= 15 is 0 Å². The predicted octanol–water partition coefficient (Wildman–Crippen LogP) is -4.79. The van der Waals surface area contributed by atoms with E-state index in [1.165, 1.54) is 0 Å². The third-order valence-corrected chi connectivity index (χ3v) is 4.37. The Morgan fingerprint density at radius 3 is 1.65 bits per heavy atom. The zero-order valence-corrected chi connectivity index (χ0v) is 18.3. The predicted molar refractivity (Wildman–Crippen MR) is 114 cm³/mol. The van der Waals surface area contributed by atoms with Crippen LogP contribution in [0.5, 0.6) is 0 Å². The quantitative estimate of drug-likeness (QED) is 0.0873. The summed E-state index contributed by atoms with van der Waals surface area (Å²) < 4.78 is 0. The number of primary amides is 2. The topological polar surface area (TPSA) is 300 Å². The van der Waals surface area contributed by atoms with Crippen LogP contribution in [0.2, 0.25) is 0 Å². The number of carboxylic acids is 2. The number of carbonyl (C=O) groups is 7. The van der Waals surface area contributed by atoms with Crippen molar-refractivity contribution in [2.45, 2.75) is 62.7 Å². The lowest BCUT2D eigenvalue weighted by molar-refractivity contribution is -0.144. The number of rotatable bonds is 17. The molecule has 0 radical (unpaired) electrons. The van der Waals surface area contributed by atoms with E-state index in [1.807, 2.05) is 5.32 Å². The zero-order valence-electron chi connectivity index (χ0n) is 18.3. The maximum absolute atomic E-state index is 12.8. The highest BCUT2D eigenvalue weighted by Gasteiger charge is 2.32. The number of hydrogen-bond donors (Lipinski definition) is 9. The van der Waals surface area contributed by atoms with Gasteiger partial charge in [-0.1, -0.05) is 0 Å². The van der Waals surface area contributed by atoms with Gasteiger partial charge >= 0.3 is 11.9 Å². The van der Waals surface area contributed by atoms with Gasteiger partial charge in [0.25, 0.3) is 0 Å². The van der Waals surface area contributed by atoms with Crippen molar-refractivity contribution in [2.24, 2.45) is 22.9 Å². The van der Waals surface area contributed by atoms with Gasteiger partial charge in [0.05, 0.1) is 25.3 Å². The molecule has 192 valence electrons. The van der Waals surface area contributed by atoms with Gasteiger partial charge in [0.2, 0.25) is 29.5 Å². The van der Waals surface area contributed by atoms with E-state index in [1.54, 1.807) is 0 Å². The van der Waals surface area contributed by atoms with E-state index < -0.39 is 84.9 Å². The molecule has 0 spiro atoms. The molecule has 16 heteroatoms. The summed E-state index contributed by atoms with van der Waals surface area (Å²) in [7, 11) is 0. The fourth-order valence-electron chi connectivity index (χ4n) is 2.68. The summed E-state index contributed by atoms with van der Waals surface area (Å²) in [5.41, 5.74) is 20.9. The first-order valence-corrected chi connectivity index (χ1v) is 10.2. The van der Waals surface area contributed by atoms with Crippen molar-refractivity contribution in [1.29, 1.82) is 0 Å². The Bertz CT molecular complexity index is 790. The van der Waals surface area contributed by atoms with E-state index in [-0.39, 0.29) is 13.0 Å². The van der Waals surface area contributed by atoms with Gasteiger partial charge in [0, 0.05) is 0 Å². The number of aliphatic carboxylic acids is 2. The minimum Gasteiger partial charge on any atom is -0.481 e. The fraction of sp³-hybridized carbons (Fsp3) is 0.611. The lowest BCUT2D eigenvalue weighted by Gasteiger charge is -2.24. The SMILES string of the molecule is NCCCCC(NC(=O)C(N)CC(N)=O)C(=O)NC(CC(=O)O)C(=O)NC(CC(N)=O)C(=O)O. The minimum absolute atomic E-state index is 0.0267. The first kappa shape index (κ1) is 30.2. The van der Waals surface area contributed by atoms with E-state index in [0.29, 0.717) is 12.8 Å². The number of hydrogen-bond acceptors (Lipinski definition) is 9. The molecule has 0 rings (SSSR count). The van der Waals surface area contributed by atoms with Gasteiger partial charge in [-0.3, -0.25) is 28.8 Å². The van der Waals surface area contributed by atoms with Crippen LogP contribution < -0.4 is 38.9 Å². The first-order chi connectivity index (χ1) is 15.8. The molecule has 0 aliphatic heterocycles. The van der Waals surface area contributed by atoms with Crippen LogP contribution >= 0.6 is 0 Å². The van der Waals surface area contributed by atoms with Gasteiger partial charge in [0.1, 0.15) is 18.1 Å². The highest BCUT2D eigenvalue weighted by atomic mass is 16.4. The molecule has 0 aromatic heterocycles. The Morgan fingerprint density at radius 2 is 1.18 bits per heavy atom. The molecule has 0 aliphatic carbocycles. The molecule has 0 aromatic carbocycles. The standard InChI is InChI=1S/C18H31N7O9/c19-4-2-1-3-9(23-15(30)8(20)5-12(21)26)16(31)24-10(7-14(28)29)17(32)25-11(18(33)34)6-13(22)27/h8-11H,1-7,19-20H2,(H2,21,26)(H2,22,27)(H,23,30)(H,24,31)(H,25,32)(H,28,29)(H,33,34). The Hall–Kier alpha value is -3.79. The third-order valence-electron chi connectivity index (χ3n) is 4.37. The summed E-state index contributed by atoms with van der Waals surface area (Å²) in [5, 5.41) is 24.6. The van der Waals surface area contributed by atoms with E-state index in [9.17, 15) is 33.6 Å². The normalized spacial score (nSPS) is 14.1. The monoisotopic (exact) mass is 489 g/mol. The zero-order chi connectivity index (χ0) is 26.4. The fourth-order valence-corrected chi connectivity index (χ4v) is 2.68. The van der Waals surface area contributed by atoms with Crippen LogP contribution in [0.15, 0.2) is 0 Å². The molecule has 0 aliphatic rings. The molecular formula is C18H31N7O9. The summed E-state index contributed by atoms with van der Waals surface area (Å²) >= 11 is 0. The van der Waals surface area contributed by atoms with Gasteiger partial charge in [0.15, 0.2) is 0 Å². The second-order valence-corrected chi connectivity index (χ2v) is 7.35. The first-order valence-electron chi connectivity index (χ1n) is 10.2. The van der Waals surface area contributed by atoms with Crippen LogP contribution in [0.4, 0.5) is 0 Å². The number of unbranched alkanes of at least 4 members (excludes halogenated alkanes) is 1. The Morgan fingerprint density at radius 1 is 0.676 bits per heavy atom. The highest BCUT2D eigenvalue weighted by molar-refractivity contribution is 5.96. The van der Waals surface area contributed by atoms with Crippen LogP contribution in [0, 0.1) is 0 Å². The molecule has 4 atom stereocenters. The molecule has 0 aromatic rings. The van der Waals surface area contributed by atoms with Crippen molar-refractivity contribution in [2.75, 3.05) is 6.54 Å². The van der Waals surface area contributed by atoms with Crippen LogP contribution in [0.3, 0.4) is 0 Å². The molecule has 4 unspecified atom stereocenters. The second kappa shape index (κ2) is 15.1. The lowest BCUT2D eigenvalue weighted by Crippen LogP contribution is -2.57. The second-order valence-electron chi connectivity index (χ2n) is 7.35. The molecule has 0 fully saturated rings. The van der Waals surface area contributed by atoms with Gasteiger partial charge in [-0.15, -0.1) is 0 Å². The summed E-state index contributed by atoms with van der Waals surface area (Å²) in [4.78, 5) is 81.8. The minimum atomic E-state index is -1.76.